The molecule has 11 rings (SSSR count). The van der Waals surface area contributed by atoms with Crippen LogP contribution in [-0.2, 0) is 96.4 Å². The van der Waals surface area contributed by atoms with Crippen LogP contribution in [0.25, 0.3) is 87.0 Å². The smallest absolute Gasteiger partial charge is 0.490 e. The Hall–Kier alpha value is -12.1. The SMILES string of the molecule is CCN(CC)c1ccc2cc(-c3nc4cc(C(=O)NCCCCC(NC(=O)OC(C)(C)C)C(=O)CCCNC(=O)c5cccc(OCC(N=[N+]=[N-])OCCOCC(=O)NCC#Cc6cn(C7CC(OCN=[N+]=[N-])C(COP(=O)(O)OP(=O)(O)OP(=O)(O)O)O7)c7ncnc(N)c67)c5)ccc4o3)c(=O)oc2c1.[N-]=[N+]=NCOC1C[C@H](n2cnc3c(=O)[nH]c(N)nc32)O[C@@H]1COP(=O)(O)OP(=O)(O)OP(=O)(O)O. The lowest BCUT2D eigenvalue weighted by molar-refractivity contribution is -0.126. The lowest BCUT2D eigenvalue weighted by atomic mass is 10.0. The number of nitrogens with two attached hydrogens (primary N) is 2. The Morgan fingerprint density at radius 3 is 1.95 bits per heavy atom. The van der Waals surface area contributed by atoms with Crippen LogP contribution in [0.1, 0.15) is 118 Å². The highest BCUT2D eigenvalue weighted by atomic mass is 31.3. The highest BCUT2D eigenvalue weighted by Crippen LogP contribution is 2.68. The molecular formula is C74H94N24O37P6. The Morgan fingerprint density at radius 1 is 0.702 bits per heavy atom. The van der Waals surface area contributed by atoms with Gasteiger partial charge < -0.3 is 128 Å². The van der Waals surface area contributed by atoms with E-state index in [1.54, 1.807) is 57.2 Å². The number of hydrogen-bond donors (Lipinski definition) is 15. The number of hydrogen-bond acceptors (Lipinski definition) is 40. The van der Waals surface area contributed by atoms with E-state index in [9.17, 15) is 86.1 Å². The average molecular weight is 2100 g/mol. The highest BCUT2D eigenvalue weighted by Gasteiger charge is 2.47. The lowest BCUT2D eigenvalue weighted by Gasteiger charge is -2.23. The topological polar surface area (TPSA) is 879 Å². The van der Waals surface area contributed by atoms with Gasteiger partial charge in [-0.15, -0.1) is 0 Å². The van der Waals surface area contributed by atoms with Gasteiger partial charge in [-0.1, -0.05) is 33.2 Å². The molecule has 0 spiro atoms. The fraction of sp³-hybridized carbons (Fsp3) is 0.459. The number of oxazole rings is 1. The highest BCUT2D eigenvalue weighted by molar-refractivity contribution is 7.67. The molecule has 10 unspecified atom stereocenters. The number of nitrogen functional groups attached to an aromatic ring is 2. The zero-order valence-corrected chi connectivity index (χ0v) is 80.1. The number of carbonyl (C=O) groups excluding carboxylic acids is 5. The van der Waals surface area contributed by atoms with E-state index < -0.39 is 170 Å². The molecule has 67 heteroatoms. The van der Waals surface area contributed by atoms with Crippen molar-refractivity contribution in [1.82, 2.24) is 60.3 Å². The summed E-state index contributed by atoms with van der Waals surface area (Å²) >= 11 is 0. The Balaban J connectivity index is 0.000000488. The second-order valence-corrected chi connectivity index (χ2v) is 39.5. The molecule has 0 saturated carbocycles. The molecule has 2 aliphatic rings. The summed E-state index contributed by atoms with van der Waals surface area (Å²) in [5.41, 5.74) is 39.2. The van der Waals surface area contributed by atoms with Crippen molar-refractivity contribution in [3.63, 3.8) is 0 Å². The number of phosphoric ester groups is 2. The molecule has 8 heterocycles. The second-order valence-electron chi connectivity index (χ2n) is 30.6. The van der Waals surface area contributed by atoms with E-state index in [2.05, 4.69) is 120 Å². The van der Waals surface area contributed by atoms with Crippen LogP contribution in [0.2, 0.25) is 0 Å². The fourth-order valence-electron chi connectivity index (χ4n) is 13.5. The van der Waals surface area contributed by atoms with Crippen LogP contribution in [0.4, 0.5) is 22.2 Å². The van der Waals surface area contributed by atoms with E-state index in [0.29, 0.717) is 40.5 Å². The standard InChI is InChI=1S/C63H77N16O24P3.C11H17N8O13P3/c1-6-78(7-2)42-20-18-38-28-44(61(84)100-49(38)30-42)60-73-46-29-40(19-21-48(46)99-60)59(83)68-22-9-8-16-45(74-62(85)101-63(3,4)5)47(80)17-12-24-69-58(82)39-13-10-15-43(27-39)95-35-53(75-77-66)94-26-25-93-34-52(81)67-23-11-14-41-32-79(57-55(41)56(64)70-36-71-57)54-31-50(96-37-72-76-65)51(98-54)33-97-105(89,90)103-106(91,92)102-104(86,87)88;12-11-16-9-8(10(20)17-11)14-3-19(9)7-1-5(28-4-15-18-13)6(30-7)2-29-34(24,25)32-35(26,27)31-33(21,22)23/h10,13,15,18-21,27-30,32,36,45,50-51,53-54H,6-9,12,16-17,22-26,31,33-35,37H2,1-5H3,(H,67,81)(H,68,83)(H,69,82)(H,74,85)(H,89,90)(H,91,92)(H2,64,70,71)(H2,86,87,88);3,5-7H,1-2,4H2,(H,24,25)(H,26,27)(H2,21,22,23)(H3,12,16,17,20)/t;5?,6-,7-/m.1/s1. The van der Waals surface area contributed by atoms with Gasteiger partial charge in [0.05, 0.1) is 68.5 Å². The number of ether oxygens (including phenoxy) is 8. The molecule has 3 aromatic carbocycles. The van der Waals surface area contributed by atoms with Gasteiger partial charge in [0.1, 0.15) is 97.1 Å². The summed E-state index contributed by atoms with van der Waals surface area (Å²) in [4.78, 5) is 197. The molecule has 17 N–H and O–H groups in total. The second kappa shape index (κ2) is 50.1. The van der Waals surface area contributed by atoms with Crippen LogP contribution in [0.15, 0.2) is 119 Å². The number of fused-ring (bicyclic) bond motifs is 4. The molecule has 141 heavy (non-hydrogen) atoms. The predicted octanol–water partition coefficient (Wildman–Crippen LogP) is 7.83. The van der Waals surface area contributed by atoms with Gasteiger partial charge >= 0.3 is 58.7 Å². The maximum Gasteiger partial charge on any atom is 0.490 e. The zero-order chi connectivity index (χ0) is 103. The number of aromatic nitrogens is 8. The van der Waals surface area contributed by atoms with Crippen molar-refractivity contribution in [2.45, 2.75) is 134 Å². The molecule has 2 fully saturated rings. The largest absolute Gasteiger partial charge is 0.491 e. The van der Waals surface area contributed by atoms with Gasteiger partial charge in [-0.3, -0.25) is 42.6 Å². The molecule has 4 amide bonds. The third-order valence-corrected chi connectivity index (χ3v) is 27.1. The van der Waals surface area contributed by atoms with Crippen molar-refractivity contribution >= 4 is 138 Å². The molecule has 61 nitrogen and oxygen atoms in total. The minimum atomic E-state index is -5.84. The molecule has 2 saturated heterocycles. The minimum absolute atomic E-state index is 0.00610. The van der Waals surface area contributed by atoms with E-state index in [1.165, 1.54) is 33.8 Å². The summed E-state index contributed by atoms with van der Waals surface area (Å²) in [6.45, 7) is 7.09. The number of imidazole rings is 1. The number of rotatable bonds is 50. The first kappa shape index (κ1) is 111. The monoisotopic (exact) mass is 2100 g/mol. The van der Waals surface area contributed by atoms with Gasteiger partial charge in [-0.2, -0.15) is 22.2 Å². The molecule has 9 aromatic rings. The van der Waals surface area contributed by atoms with Crippen LogP contribution in [0, 0.1) is 11.8 Å². The van der Waals surface area contributed by atoms with Crippen LogP contribution >= 0.6 is 46.9 Å². The number of anilines is 3. The maximum absolute atomic E-state index is 13.6. The van der Waals surface area contributed by atoms with Gasteiger partial charge in [-0.05, 0) is 131 Å². The van der Waals surface area contributed by atoms with Crippen molar-refractivity contribution in [3.05, 3.63) is 154 Å². The van der Waals surface area contributed by atoms with Gasteiger partial charge in [0.2, 0.25) is 17.7 Å². The first-order valence-corrected chi connectivity index (χ1v) is 50.7. The minimum Gasteiger partial charge on any atom is -0.491 e. The Kier molecular flexibility index (Phi) is 39.4. The average Bonchev–Trinajstić information content (AvgIpc) is 1.42. The first-order chi connectivity index (χ1) is 66.6. The molecule has 2 aliphatic heterocycles. The molecule has 762 valence electrons. The van der Waals surface area contributed by atoms with Crippen molar-refractivity contribution in [3.8, 4) is 29.0 Å². The summed E-state index contributed by atoms with van der Waals surface area (Å²) in [6.07, 6.45) is -3.39. The third kappa shape index (κ3) is 34.1. The number of carbonyl (C=O) groups is 5. The van der Waals surface area contributed by atoms with E-state index in [0.717, 1.165) is 25.1 Å². The number of unbranched alkanes of at least 4 members (excludes halogenated alkanes) is 1. The normalized spacial score (nSPS) is 18.0. The number of nitrogens with zero attached hydrogens (tertiary/aromatic N) is 17. The molecule has 0 radical (unpaired) electrons. The lowest BCUT2D eigenvalue weighted by Crippen LogP contribution is -2.43. The number of azide groups is 3. The Labute approximate surface area is 794 Å². The molecule has 6 aromatic heterocycles. The van der Waals surface area contributed by atoms with E-state index in [4.69, 9.17) is 93.4 Å². The number of amides is 4. The number of H-pyrrole nitrogens is 1. The van der Waals surface area contributed by atoms with Gasteiger partial charge in [0, 0.05) is 94.6 Å². The van der Waals surface area contributed by atoms with Gasteiger partial charge in [0.15, 0.2) is 28.8 Å². The summed E-state index contributed by atoms with van der Waals surface area (Å²) in [6, 6.07) is 17.2. The quantitative estimate of drug-likeness (QED) is 0.00328. The van der Waals surface area contributed by atoms with E-state index >= 15 is 0 Å². The zero-order valence-electron chi connectivity index (χ0n) is 74.7. The number of aromatic amines is 1. The number of alkyl carbamates (subject to hydrolysis) is 1. The fourth-order valence-corrected chi connectivity index (χ4v) is 19.6. The Bertz CT molecular complexity index is 6680. The number of benzene rings is 3. The van der Waals surface area contributed by atoms with Crippen molar-refractivity contribution in [2.24, 2.45) is 15.3 Å². The number of phosphoric acid groups is 6. The number of ketones is 1. The van der Waals surface area contributed by atoms with Crippen LogP contribution in [0.5, 0.6) is 5.75 Å². The Morgan fingerprint density at radius 2 is 1.33 bits per heavy atom. The summed E-state index contributed by atoms with van der Waals surface area (Å²) in [7, 11) is -33.8. The van der Waals surface area contributed by atoms with Crippen molar-refractivity contribution in [1.29, 1.82) is 0 Å². The molecular weight excluding hydrogens is 2000 g/mol. The van der Waals surface area contributed by atoms with E-state index in [-0.39, 0.29) is 140 Å². The first-order valence-electron chi connectivity index (χ1n) is 41.6. The summed E-state index contributed by atoms with van der Waals surface area (Å²) in [5, 5.41) is 21.9. The van der Waals surface area contributed by atoms with Gasteiger partial charge in [-0.25, -0.2) is 56.9 Å². The van der Waals surface area contributed by atoms with E-state index in [1.807, 2.05) is 32.0 Å². The molecule has 12 atom stereocenters. The number of nitrogens with one attached hydrogen (secondary N) is 5. The molecule has 0 bridgehead atoms. The van der Waals surface area contributed by atoms with Crippen LogP contribution in [-0.4, -0.2) is 236 Å². The maximum atomic E-state index is 13.6. The van der Waals surface area contributed by atoms with Crippen molar-refractivity contribution < 1.29 is 164 Å². The summed E-state index contributed by atoms with van der Waals surface area (Å²) in [5.74, 6) is 3.94. The predicted molar refractivity (Wildman–Crippen MR) is 485 cm³/mol. The van der Waals surface area contributed by atoms with Crippen LogP contribution in [0.3, 0.4) is 0 Å². The summed E-state index contributed by atoms with van der Waals surface area (Å²) < 4.78 is 153. The van der Waals surface area contributed by atoms with Crippen LogP contribution < -0.4 is 53.6 Å². The van der Waals surface area contributed by atoms with Crippen molar-refractivity contribution in [2.75, 3.05) is 102 Å². The molecule has 0 aliphatic carbocycles. The number of Topliss-reactive ketones (excluding diaryl/α,β-unsaturated/α-hetero) is 1. The van der Waals surface area contributed by atoms with Gasteiger partial charge in [0.25, 0.3) is 17.4 Å². The third-order valence-electron chi connectivity index (χ3n) is 19.5.